The van der Waals surface area contributed by atoms with Crippen molar-refractivity contribution in [2.45, 2.75) is 12.8 Å². The number of aromatic nitrogens is 1. The van der Waals surface area contributed by atoms with Crippen molar-refractivity contribution in [1.29, 1.82) is 0 Å². The van der Waals surface area contributed by atoms with Crippen molar-refractivity contribution in [2.24, 2.45) is 0 Å². The lowest BCUT2D eigenvalue weighted by molar-refractivity contribution is 1.09. The van der Waals surface area contributed by atoms with E-state index in [0.29, 0.717) is 11.4 Å². The molecule has 2 nitrogen and oxygen atoms in total. The molecule has 10 heavy (non-hydrogen) atoms. The zero-order valence-electron chi connectivity index (χ0n) is 5.65. The van der Waals surface area contributed by atoms with Gasteiger partial charge in [-0.15, -0.1) is 11.6 Å². The molecule has 0 amide bonds. The molecule has 1 aromatic heterocycles. The lowest BCUT2D eigenvalue weighted by Gasteiger charge is -1.94. The van der Waals surface area contributed by atoms with Crippen molar-refractivity contribution in [2.75, 3.05) is 0 Å². The molecule has 0 aliphatic heterocycles. The van der Waals surface area contributed by atoms with Crippen LogP contribution in [-0.4, -0.2) is 4.98 Å². The fraction of sp³-hybridized carbons (Fsp3) is 0.286. The number of alkyl halides is 1. The molecule has 1 N–H and O–H groups in total. The molecule has 0 atom stereocenters. The first-order valence-corrected chi connectivity index (χ1v) is 3.52. The number of nitrogens with one attached hydrogen (secondary N) is 1. The molecule has 0 fully saturated rings. The van der Waals surface area contributed by atoms with Crippen LogP contribution in [0.4, 0.5) is 0 Å². The first kappa shape index (κ1) is 7.35. The van der Waals surface area contributed by atoms with Crippen LogP contribution >= 0.6 is 11.6 Å². The van der Waals surface area contributed by atoms with Gasteiger partial charge in [-0.05, 0) is 13.0 Å². The van der Waals surface area contributed by atoms with E-state index in [2.05, 4.69) is 4.98 Å². The van der Waals surface area contributed by atoms with Gasteiger partial charge in [0.1, 0.15) is 0 Å². The number of aromatic amines is 1. The van der Waals surface area contributed by atoms with E-state index in [1.54, 1.807) is 13.0 Å². The number of rotatable bonds is 1. The summed E-state index contributed by atoms with van der Waals surface area (Å²) in [5, 5.41) is 0. The minimum Gasteiger partial charge on any atom is -0.325 e. The number of pyridine rings is 1. The van der Waals surface area contributed by atoms with Gasteiger partial charge in [0.15, 0.2) is 0 Å². The SMILES string of the molecule is Cc1ccc(CCl)[nH]c1=O. The first-order valence-electron chi connectivity index (χ1n) is 2.99. The van der Waals surface area contributed by atoms with E-state index in [0.717, 1.165) is 5.69 Å². The van der Waals surface area contributed by atoms with Gasteiger partial charge in [0.05, 0.1) is 5.88 Å². The number of aryl methyl sites for hydroxylation is 1. The van der Waals surface area contributed by atoms with Gasteiger partial charge in [-0.3, -0.25) is 4.79 Å². The van der Waals surface area contributed by atoms with Crippen LogP contribution in [0.1, 0.15) is 11.3 Å². The Labute approximate surface area is 63.8 Å². The summed E-state index contributed by atoms with van der Waals surface area (Å²) in [6, 6.07) is 3.57. The molecule has 0 spiro atoms. The van der Waals surface area contributed by atoms with Crippen LogP contribution in [-0.2, 0) is 5.88 Å². The van der Waals surface area contributed by atoms with E-state index in [9.17, 15) is 4.79 Å². The maximum Gasteiger partial charge on any atom is 0.251 e. The Morgan fingerprint density at radius 3 is 2.80 bits per heavy atom. The van der Waals surface area contributed by atoms with E-state index in [1.165, 1.54) is 0 Å². The van der Waals surface area contributed by atoms with Gasteiger partial charge in [0.25, 0.3) is 5.56 Å². The quantitative estimate of drug-likeness (QED) is 0.615. The summed E-state index contributed by atoms with van der Waals surface area (Å²) in [5.74, 6) is 0.357. The third kappa shape index (κ3) is 1.39. The Kier molecular flexibility index (Phi) is 2.12. The van der Waals surface area contributed by atoms with Gasteiger partial charge < -0.3 is 4.98 Å². The highest BCUT2D eigenvalue weighted by Crippen LogP contribution is 1.96. The van der Waals surface area contributed by atoms with E-state index in [-0.39, 0.29) is 5.56 Å². The number of halogens is 1. The Bertz CT molecular complexity index is 279. The third-order valence-electron chi connectivity index (χ3n) is 1.31. The molecule has 1 aromatic rings. The van der Waals surface area contributed by atoms with Crippen molar-refractivity contribution in [3.8, 4) is 0 Å². The predicted molar refractivity (Wildman–Crippen MR) is 41.4 cm³/mol. The van der Waals surface area contributed by atoms with Gasteiger partial charge >= 0.3 is 0 Å². The smallest absolute Gasteiger partial charge is 0.251 e. The highest BCUT2D eigenvalue weighted by Gasteiger charge is 1.92. The molecule has 0 bridgehead atoms. The van der Waals surface area contributed by atoms with Crippen molar-refractivity contribution in [1.82, 2.24) is 4.98 Å². The fourth-order valence-electron chi connectivity index (χ4n) is 0.665. The Hall–Kier alpha value is -0.760. The van der Waals surface area contributed by atoms with E-state index in [4.69, 9.17) is 11.6 Å². The largest absolute Gasteiger partial charge is 0.325 e. The normalized spacial score (nSPS) is 9.80. The second-order valence-corrected chi connectivity index (χ2v) is 2.40. The lowest BCUT2D eigenvalue weighted by Crippen LogP contribution is -2.10. The van der Waals surface area contributed by atoms with E-state index < -0.39 is 0 Å². The van der Waals surface area contributed by atoms with Gasteiger partial charge in [-0.25, -0.2) is 0 Å². The fourth-order valence-corrected chi connectivity index (χ4v) is 0.821. The molecule has 0 saturated heterocycles. The average Bonchev–Trinajstić information content (AvgIpc) is 1.95. The van der Waals surface area contributed by atoms with Crippen LogP contribution in [0.25, 0.3) is 0 Å². The summed E-state index contributed by atoms with van der Waals surface area (Å²) in [5.41, 5.74) is 1.42. The van der Waals surface area contributed by atoms with E-state index >= 15 is 0 Å². The van der Waals surface area contributed by atoms with Crippen LogP contribution in [0.2, 0.25) is 0 Å². The zero-order valence-corrected chi connectivity index (χ0v) is 6.40. The summed E-state index contributed by atoms with van der Waals surface area (Å²) in [6.45, 7) is 1.76. The summed E-state index contributed by atoms with van der Waals surface area (Å²) in [4.78, 5) is 13.5. The highest BCUT2D eigenvalue weighted by molar-refractivity contribution is 6.16. The predicted octanol–water partition coefficient (Wildman–Crippen LogP) is 1.42. The molecular formula is C7H8ClNO. The maximum atomic E-state index is 10.9. The standard InChI is InChI=1S/C7H8ClNO/c1-5-2-3-6(4-8)9-7(5)10/h2-3H,4H2,1H3,(H,9,10). The molecule has 1 heterocycles. The molecule has 1 rings (SSSR count). The Morgan fingerprint density at radius 1 is 1.60 bits per heavy atom. The third-order valence-corrected chi connectivity index (χ3v) is 1.60. The lowest BCUT2D eigenvalue weighted by atomic mass is 10.3. The van der Waals surface area contributed by atoms with Gasteiger partial charge in [-0.1, -0.05) is 6.07 Å². The molecule has 0 unspecified atom stereocenters. The van der Waals surface area contributed by atoms with Gasteiger partial charge in [0.2, 0.25) is 0 Å². The number of H-pyrrole nitrogens is 1. The van der Waals surface area contributed by atoms with Crippen molar-refractivity contribution < 1.29 is 0 Å². The summed E-state index contributed by atoms with van der Waals surface area (Å²) < 4.78 is 0. The van der Waals surface area contributed by atoms with Crippen LogP contribution in [0.15, 0.2) is 16.9 Å². The molecule has 0 aliphatic rings. The second kappa shape index (κ2) is 2.88. The minimum atomic E-state index is -0.0573. The molecule has 0 saturated carbocycles. The zero-order chi connectivity index (χ0) is 7.56. The highest BCUT2D eigenvalue weighted by atomic mass is 35.5. The monoisotopic (exact) mass is 157 g/mol. The first-order chi connectivity index (χ1) is 4.74. The number of hydrogen-bond donors (Lipinski definition) is 1. The topological polar surface area (TPSA) is 32.9 Å². The van der Waals surface area contributed by atoms with Gasteiger partial charge in [-0.2, -0.15) is 0 Å². The molecular weight excluding hydrogens is 150 g/mol. The molecule has 0 aromatic carbocycles. The van der Waals surface area contributed by atoms with Crippen molar-refractivity contribution >= 4 is 11.6 Å². The van der Waals surface area contributed by atoms with Crippen LogP contribution in [0.3, 0.4) is 0 Å². The molecule has 0 radical (unpaired) electrons. The molecule has 0 aliphatic carbocycles. The van der Waals surface area contributed by atoms with Gasteiger partial charge in [0, 0.05) is 11.3 Å². The van der Waals surface area contributed by atoms with Crippen LogP contribution in [0.5, 0.6) is 0 Å². The Balaban J connectivity index is 3.17. The van der Waals surface area contributed by atoms with E-state index in [1.807, 2.05) is 6.07 Å². The van der Waals surface area contributed by atoms with Crippen LogP contribution in [0, 0.1) is 6.92 Å². The van der Waals surface area contributed by atoms with Crippen molar-refractivity contribution in [3.63, 3.8) is 0 Å². The minimum absolute atomic E-state index is 0.0573. The second-order valence-electron chi connectivity index (χ2n) is 2.13. The Morgan fingerprint density at radius 2 is 2.30 bits per heavy atom. The molecule has 3 heteroatoms. The number of hydrogen-bond acceptors (Lipinski definition) is 1. The summed E-state index contributed by atoms with van der Waals surface area (Å²) in [7, 11) is 0. The summed E-state index contributed by atoms with van der Waals surface area (Å²) in [6.07, 6.45) is 0. The summed E-state index contributed by atoms with van der Waals surface area (Å²) >= 11 is 5.48. The maximum absolute atomic E-state index is 10.9. The van der Waals surface area contributed by atoms with Crippen molar-refractivity contribution in [3.05, 3.63) is 33.7 Å². The van der Waals surface area contributed by atoms with Crippen LogP contribution < -0.4 is 5.56 Å². The molecule has 54 valence electrons. The average molecular weight is 158 g/mol.